The van der Waals surface area contributed by atoms with Crippen LogP contribution in [0.2, 0.25) is 0 Å². The molecule has 3 rings (SSSR count). The second kappa shape index (κ2) is 6.96. The van der Waals surface area contributed by atoms with Crippen molar-refractivity contribution < 1.29 is 23.3 Å². The first-order valence-corrected chi connectivity index (χ1v) is 8.11. The molecule has 0 radical (unpaired) electrons. The number of fused-ring (bicyclic) bond motifs is 1. The van der Waals surface area contributed by atoms with Gasteiger partial charge in [0, 0.05) is 11.6 Å². The fraction of sp³-hybridized carbons (Fsp3) is 0.333. The Morgan fingerprint density at radius 2 is 2.08 bits per heavy atom. The van der Waals surface area contributed by atoms with Gasteiger partial charge in [-0.3, -0.25) is 4.79 Å². The van der Waals surface area contributed by atoms with Crippen LogP contribution in [0.15, 0.2) is 41.1 Å². The number of aliphatic imine (C=N–C) groups is 1. The number of nitrogens with zero attached hydrogens (tertiary/aromatic N) is 3. The van der Waals surface area contributed by atoms with E-state index in [-0.39, 0.29) is 12.1 Å². The van der Waals surface area contributed by atoms with Crippen molar-refractivity contribution in [3.8, 4) is 0 Å². The van der Waals surface area contributed by atoms with E-state index in [1.54, 1.807) is 31.3 Å². The first-order chi connectivity index (χ1) is 12.0. The van der Waals surface area contributed by atoms with E-state index >= 15 is 0 Å². The van der Waals surface area contributed by atoms with Crippen LogP contribution in [0.4, 0.5) is 9.18 Å². The van der Waals surface area contributed by atoms with Crippen molar-refractivity contribution in [2.24, 2.45) is 10.9 Å². The summed E-state index contributed by atoms with van der Waals surface area (Å²) in [4.78, 5) is 30.7. The van der Waals surface area contributed by atoms with Gasteiger partial charge >= 0.3 is 11.9 Å². The lowest BCUT2D eigenvalue weighted by molar-refractivity contribution is -0.409. The third-order valence-electron chi connectivity index (χ3n) is 4.12. The maximum atomic E-state index is 13.9. The Morgan fingerprint density at radius 3 is 2.80 bits per heavy atom. The molecule has 0 N–H and O–H groups in total. The molecular formula is C18H19FN3O3+. The van der Waals surface area contributed by atoms with Crippen molar-refractivity contribution in [3.05, 3.63) is 47.5 Å². The summed E-state index contributed by atoms with van der Waals surface area (Å²) in [6, 6.07) is 5.55. The molecule has 0 fully saturated rings. The summed E-state index contributed by atoms with van der Waals surface area (Å²) >= 11 is 0. The standard InChI is InChI=1S/C18H19FN3O3/c1-3-10-25-14-8-9-20-16-15(14)17(23)22(18(24)21(16)2)11-12-6-4-5-7-13(12)19/h4-9,15H,3,10-11H2,1-2H3/q+1. The van der Waals surface area contributed by atoms with E-state index in [4.69, 9.17) is 4.74 Å². The molecule has 1 unspecified atom stereocenters. The summed E-state index contributed by atoms with van der Waals surface area (Å²) in [5.41, 5.74) is 0.278. The predicted octanol–water partition coefficient (Wildman–Crippen LogP) is 2.34. The number of hydrogen-bond donors (Lipinski definition) is 0. The highest BCUT2D eigenvalue weighted by atomic mass is 19.1. The molecule has 6 nitrogen and oxygen atoms in total. The Kier molecular flexibility index (Phi) is 4.74. The van der Waals surface area contributed by atoms with Crippen molar-refractivity contribution in [1.82, 2.24) is 4.90 Å². The quantitative estimate of drug-likeness (QED) is 0.770. The van der Waals surface area contributed by atoms with Gasteiger partial charge in [-0.1, -0.05) is 25.1 Å². The number of allylic oxidation sites excluding steroid dienone is 1. The molecular weight excluding hydrogens is 325 g/mol. The number of dihydropyridines is 1. The van der Waals surface area contributed by atoms with E-state index in [1.165, 1.54) is 16.9 Å². The van der Waals surface area contributed by atoms with E-state index < -0.39 is 23.7 Å². The summed E-state index contributed by atoms with van der Waals surface area (Å²) in [5, 5.41) is 0. The topological polar surface area (TPSA) is 62.0 Å². The molecule has 1 atom stereocenters. The van der Waals surface area contributed by atoms with E-state index in [1.807, 2.05) is 6.92 Å². The average molecular weight is 344 g/mol. The van der Waals surface area contributed by atoms with Crippen LogP contribution >= 0.6 is 0 Å². The van der Waals surface area contributed by atoms with Gasteiger partial charge in [-0.05, 0) is 12.5 Å². The van der Waals surface area contributed by atoms with E-state index in [0.29, 0.717) is 18.2 Å². The number of amidine groups is 1. The largest absolute Gasteiger partial charge is 0.496 e. The number of carbonyl (C=O) groups is 2. The molecule has 0 aliphatic carbocycles. The summed E-state index contributed by atoms with van der Waals surface area (Å²) < 4.78 is 20.9. The summed E-state index contributed by atoms with van der Waals surface area (Å²) in [6.07, 6.45) is 3.94. The zero-order chi connectivity index (χ0) is 18.0. The molecule has 25 heavy (non-hydrogen) atoms. The van der Waals surface area contributed by atoms with Gasteiger partial charge in [-0.15, -0.1) is 4.99 Å². The number of ether oxygens (including phenoxy) is 1. The zero-order valence-corrected chi connectivity index (χ0v) is 14.1. The van der Waals surface area contributed by atoms with Crippen molar-refractivity contribution in [2.75, 3.05) is 13.7 Å². The lowest BCUT2D eigenvalue weighted by Gasteiger charge is -2.28. The number of imide groups is 1. The predicted molar refractivity (Wildman–Crippen MR) is 89.8 cm³/mol. The summed E-state index contributed by atoms with van der Waals surface area (Å²) in [6.45, 7) is 2.29. The first kappa shape index (κ1) is 17.0. The molecule has 3 amide bonds. The number of benzene rings is 1. The van der Waals surface area contributed by atoms with Gasteiger partial charge in [-0.2, -0.15) is 9.48 Å². The van der Waals surface area contributed by atoms with Gasteiger partial charge in [0.2, 0.25) is 0 Å². The minimum absolute atomic E-state index is 0.136. The highest BCUT2D eigenvalue weighted by Gasteiger charge is 2.49. The average Bonchev–Trinajstić information content (AvgIpc) is 2.62. The molecule has 0 saturated heterocycles. The van der Waals surface area contributed by atoms with Gasteiger partial charge in [0.05, 0.1) is 13.7 Å². The molecule has 1 aromatic carbocycles. The van der Waals surface area contributed by atoms with Crippen molar-refractivity contribution in [2.45, 2.75) is 19.9 Å². The van der Waals surface area contributed by atoms with Crippen molar-refractivity contribution >= 4 is 24.0 Å². The molecule has 0 aromatic heterocycles. The van der Waals surface area contributed by atoms with Crippen LogP contribution in [0.25, 0.3) is 0 Å². The number of hydrogen-bond acceptors (Lipinski definition) is 4. The number of amides is 3. The Bertz CT molecular complexity index is 814. The first-order valence-electron chi connectivity index (χ1n) is 8.11. The number of carbonyl (C=O) groups excluding carboxylic acids is 2. The number of rotatable bonds is 5. The zero-order valence-electron chi connectivity index (χ0n) is 14.1. The molecule has 0 saturated carbocycles. The molecule has 7 heteroatoms. The Morgan fingerprint density at radius 1 is 1.32 bits per heavy atom. The minimum atomic E-state index is -0.786. The van der Waals surface area contributed by atoms with Gasteiger partial charge < -0.3 is 4.74 Å². The highest BCUT2D eigenvalue weighted by molar-refractivity contribution is 6.15. The number of halogens is 1. The number of urea groups is 1. The maximum absolute atomic E-state index is 13.9. The second-order valence-electron chi connectivity index (χ2n) is 5.84. The maximum Gasteiger partial charge on any atom is 0.445 e. The third kappa shape index (κ3) is 3.09. The summed E-state index contributed by atoms with van der Waals surface area (Å²) in [5.74, 6) is -0.921. The van der Waals surface area contributed by atoms with Gasteiger partial charge in [0.1, 0.15) is 24.3 Å². The van der Waals surface area contributed by atoms with Gasteiger partial charge in [0.15, 0.2) is 5.92 Å². The van der Waals surface area contributed by atoms with Crippen LogP contribution in [0.5, 0.6) is 0 Å². The van der Waals surface area contributed by atoms with Crippen molar-refractivity contribution in [3.63, 3.8) is 0 Å². The Hall–Kier alpha value is -2.83. The molecule has 2 heterocycles. The fourth-order valence-corrected chi connectivity index (χ4v) is 2.82. The van der Waals surface area contributed by atoms with Crippen LogP contribution < -0.4 is 0 Å². The molecule has 0 spiro atoms. The smallest absolute Gasteiger partial charge is 0.445 e. The normalized spacial score (nSPS) is 19.9. The third-order valence-corrected chi connectivity index (χ3v) is 4.12. The lowest BCUT2D eigenvalue weighted by Crippen LogP contribution is -2.54. The van der Waals surface area contributed by atoms with Crippen LogP contribution in [0.3, 0.4) is 0 Å². The molecule has 130 valence electrons. The SMILES string of the molecule is CCCOC1=CC=NC2=[N+](C)C(=O)N(Cc3ccccc3F)C(=O)C12. The summed E-state index contributed by atoms with van der Waals surface area (Å²) in [7, 11) is 1.55. The fourth-order valence-electron chi connectivity index (χ4n) is 2.82. The molecule has 2 aliphatic rings. The van der Waals surface area contributed by atoms with Crippen molar-refractivity contribution in [1.29, 1.82) is 0 Å². The molecule has 0 bridgehead atoms. The monoisotopic (exact) mass is 344 g/mol. The van der Waals surface area contributed by atoms with Gasteiger partial charge in [0.25, 0.3) is 5.84 Å². The van der Waals surface area contributed by atoms with E-state index in [0.717, 1.165) is 11.3 Å². The highest BCUT2D eigenvalue weighted by Crippen LogP contribution is 2.26. The lowest BCUT2D eigenvalue weighted by atomic mass is 9.99. The van der Waals surface area contributed by atoms with Crippen LogP contribution in [-0.2, 0) is 16.1 Å². The van der Waals surface area contributed by atoms with Crippen LogP contribution in [0, 0.1) is 11.7 Å². The Balaban J connectivity index is 1.95. The van der Waals surface area contributed by atoms with Crippen LogP contribution in [-0.4, -0.2) is 47.1 Å². The van der Waals surface area contributed by atoms with E-state index in [2.05, 4.69) is 4.99 Å². The Labute approximate surface area is 144 Å². The molecule has 1 aromatic rings. The minimum Gasteiger partial charge on any atom is -0.496 e. The second-order valence-corrected chi connectivity index (χ2v) is 5.84. The van der Waals surface area contributed by atoms with Crippen LogP contribution in [0.1, 0.15) is 18.9 Å². The molecule has 2 aliphatic heterocycles. The van der Waals surface area contributed by atoms with E-state index in [9.17, 15) is 14.0 Å². The van der Waals surface area contributed by atoms with Gasteiger partial charge in [-0.25, -0.2) is 9.18 Å².